The zero-order valence-electron chi connectivity index (χ0n) is 17.1. The molecule has 150 valence electrons. The number of hydrogen-bond donors (Lipinski definition) is 2. The molecule has 1 aromatic rings. The third kappa shape index (κ3) is 6.77. The van der Waals surface area contributed by atoms with Gasteiger partial charge in [0.25, 0.3) is 0 Å². The van der Waals surface area contributed by atoms with Gasteiger partial charge in [0.2, 0.25) is 0 Å². The van der Waals surface area contributed by atoms with E-state index in [-0.39, 0.29) is 0 Å². The van der Waals surface area contributed by atoms with Gasteiger partial charge in [-0.3, -0.25) is 19.8 Å². The molecule has 0 aliphatic carbocycles. The first-order chi connectivity index (χ1) is 13.0. The third-order valence-electron chi connectivity index (χ3n) is 5.00. The fraction of sp³-hybridized carbons (Fsp3) is 0.650. The van der Waals surface area contributed by atoms with Gasteiger partial charge in [0.05, 0.1) is 35.9 Å². The molecule has 0 radical (unpaired) electrons. The molecule has 1 aliphatic heterocycles. The molecular weight excluding hydrogens is 338 g/mol. The second kappa shape index (κ2) is 11.2. The van der Waals surface area contributed by atoms with Gasteiger partial charge < -0.3 is 11.5 Å². The third-order valence-corrected chi connectivity index (χ3v) is 5.00. The summed E-state index contributed by atoms with van der Waals surface area (Å²) in [5.74, 6) is 0. The van der Waals surface area contributed by atoms with Crippen molar-refractivity contribution in [3.05, 3.63) is 29.6 Å². The number of fused-ring (bicyclic) bond motifs is 2. The molecule has 0 saturated carbocycles. The summed E-state index contributed by atoms with van der Waals surface area (Å²) in [6, 6.07) is 6.44. The highest BCUT2D eigenvalue weighted by atomic mass is 15.2. The summed E-state index contributed by atoms with van der Waals surface area (Å²) in [5, 5.41) is 0. The topological polar surface area (TPSA) is 96.1 Å². The number of pyridine rings is 1. The van der Waals surface area contributed by atoms with Gasteiger partial charge in [-0.05, 0) is 32.9 Å². The van der Waals surface area contributed by atoms with Crippen LogP contribution in [0.15, 0.2) is 28.2 Å². The van der Waals surface area contributed by atoms with Crippen LogP contribution in [0.5, 0.6) is 0 Å². The first-order valence-corrected chi connectivity index (χ1v) is 9.91. The van der Waals surface area contributed by atoms with E-state index in [9.17, 15) is 0 Å². The second-order valence-corrected chi connectivity index (χ2v) is 7.11. The van der Waals surface area contributed by atoms with Crippen molar-refractivity contribution in [2.75, 3.05) is 58.9 Å². The van der Waals surface area contributed by atoms with Crippen LogP contribution in [0.25, 0.3) is 0 Å². The predicted octanol–water partition coefficient (Wildman–Crippen LogP) is 0.623. The maximum absolute atomic E-state index is 5.84. The molecule has 1 unspecified atom stereocenters. The van der Waals surface area contributed by atoms with Gasteiger partial charge >= 0.3 is 0 Å². The molecule has 4 N–H and O–H groups in total. The molecular formula is C20H35N7. The predicted molar refractivity (Wildman–Crippen MR) is 114 cm³/mol. The van der Waals surface area contributed by atoms with Crippen molar-refractivity contribution in [3.63, 3.8) is 0 Å². The Morgan fingerprint density at radius 3 is 2.15 bits per heavy atom. The molecule has 0 amide bonds. The highest BCUT2D eigenvalue weighted by Crippen LogP contribution is 2.06. The van der Waals surface area contributed by atoms with E-state index in [0.717, 1.165) is 68.6 Å². The maximum atomic E-state index is 5.84. The number of rotatable bonds is 4. The number of nitrogens with zero attached hydrogens (tertiary/aromatic N) is 5. The summed E-state index contributed by atoms with van der Waals surface area (Å²) in [7, 11) is 0. The van der Waals surface area contributed by atoms with Crippen molar-refractivity contribution in [1.82, 2.24) is 14.8 Å². The van der Waals surface area contributed by atoms with E-state index in [4.69, 9.17) is 26.4 Å². The van der Waals surface area contributed by atoms with E-state index < -0.39 is 0 Å². The quantitative estimate of drug-likeness (QED) is 0.807. The zero-order chi connectivity index (χ0) is 19.6. The molecule has 2 bridgehead atoms. The second-order valence-electron chi connectivity index (χ2n) is 7.11. The summed E-state index contributed by atoms with van der Waals surface area (Å²) in [5.41, 5.74) is 15.4. The van der Waals surface area contributed by atoms with E-state index >= 15 is 0 Å². The van der Waals surface area contributed by atoms with Crippen molar-refractivity contribution >= 4 is 11.4 Å². The Morgan fingerprint density at radius 2 is 1.56 bits per heavy atom. The lowest BCUT2D eigenvalue weighted by Crippen LogP contribution is -2.47. The molecule has 2 heterocycles. The summed E-state index contributed by atoms with van der Waals surface area (Å²) in [6.07, 6.45) is 0. The molecule has 7 nitrogen and oxygen atoms in total. The first kappa shape index (κ1) is 21.6. The Kier molecular flexibility index (Phi) is 9.00. The number of aromatic nitrogens is 1. The first-order valence-electron chi connectivity index (χ1n) is 9.91. The van der Waals surface area contributed by atoms with E-state index in [0.29, 0.717) is 19.1 Å². The summed E-state index contributed by atoms with van der Waals surface area (Å²) >= 11 is 0. The Morgan fingerprint density at radius 1 is 0.963 bits per heavy atom. The highest BCUT2D eigenvalue weighted by Gasteiger charge is 2.17. The maximum Gasteiger partial charge on any atom is 0.0845 e. The molecule has 1 aromatic heterocycles. The normalized spacial score (nSPS) is 21.1. The van der Waals surface area contributed by atoms with E-state index in [1.165, 1.54) is 0 Å². The summed E-state index contributed by atoms with van der Waals surface area (Å²) < 4.78 is 0. The van der Waals surface area contributed by atoms with Crippen LogP contribution >= 0.6 is 0 Å². The van der Waals surface area contributed by atoms with Gasteiger partial charge in [-0.2, -0.15) is 0 Å². The van der Waals surface area contributed by atoms with Gasteiger partial charge in [0.15, 0.2) is 0 Å². The summed E-state index contributed by atoms with van der Waals surface area (Å²) in [6.45, 7) is 13.6. The van der Waals surface area contributed by atoms with Crippen LogP contribution in [0.1, 0.15) is 32.2 Å². The minimum Gasteiger partial charge on any atom is -0.329 e. The minimum atomic E-state index is 0.394. The molecule has 7 heteroatoms. The number of hydrogen-bond acceptors (Lipinski definition) is 7. The minimum absolute atomic E-state index is 0.394. The summed E-state index contributed by atoms with van der Waals surface area (Å²) in [4.78, 5) is 19.0. The van der Waals surface area contributed by atoms with Gasteiger partial charge in [0, 0.05) is 51.9 Å². The van der Waals surface area contributed by atoms with Crippen LogP contribution < -0.4 is 11.5 Å². The molecule has 2 rings (SSSR count). The standard InChI is InChI=1S/C20H35N7/c1-16-15-26(11-7-21)13-9-23-17(2)19-5-4-6-20(25-19)18(3)24-10-14-27(16)12-8-22/h4-6,16H,7-15,21-22H2,1-3H3. The Bertz CT molecular complexity index is 641. The van der Waals surface area contributed by atoms with Crippen LogP contribution in [-0.4, -0.2) is 91.2 Å². The zero-order valence-corrected chi connectivity index (χ0v) is 17.1. The van der Waals surface area contributed by atoms with E-state index in [1.807, 2.05) is 32.0 Å². The van der Waals surface area contributed by atoms with Crippen molar-refractivity contribution in [2.45, 2.75) is 26.8 Å². The average molecular weight is 374 g/mol. The number of aliphatic imine (C=N–C) groups is 2. The molecule has 27 heavy (non-hydrogen) atoms. The van der Waals surface area contributed by atoms with Crippen LogP contribution in [0.2, 0.25) is 0 Å². The Hall–Kier alpha value is -1.67. The monoisotopic (exact) mass is 373 g/mol. The van der Waals surface area contributed by atoms with Crippen LogP contribution in [0, 0.1) is 0 Å². The molecule has 1 atom stereocenters. The SMILES string of the molecule is CC1=NCCN(CCN)CC(C)N(CCN)CCN=C(C)c2cccc1n2. The number of nitrogens with two attached hydrogens (primary N) is 2. The fourth-order valence-corrected chi connectivity index (χ4v) is 3.39. The molecule has 1 aliphatic rings. The largest absolute Gasteiger partial charge is 0.329 e. The lowest BCUT2D eigenvalue weighted by atomic mass is 10.2. The Labute approximate surface area is 163 Å². The molecule has 0 saturated heterocycles. The van der Waals surface area contributed by atoms with Crippen LogP contribution in [0.4, 0.5) is 0 Å². The van der Waals surface area contributed by atoms with Gasteiger partial charge in [-0.1, -0.05) is 6.07 Å². The van der Waals surface area contributed by atoms with E-state index in [1.54, 1.807) is 0 Å². The fourth-order valence-electron chi connectivity index (χ4n) is 3.39. The van der Waals surface area contributed by atoms with Crippen molar-refractivity contribution in [3.8, 4) is 0 Å². The highest BCUT2D eigenvalue weighted by molar-refractivity contribution is 6.00. The lowest BCUT2D eigenvalue weighted by Gasteiger charge is -2.32. The molecule has 0 fully saturated rings. The lowest BCUT2D eigenvalue weighted by molar-refractivity contribution is 0.158. The van der Waals surface area contributed by atoms with Crippen LogP contribution in [0.3, 0.4) is 0 Å². The van der Waals surface area contributed by atoms with Crippen molar-refractivity contribution in [2.24, 2.45) is 21.5 Å². The van der Waals surface area contributed by atoms with Gasteiger partial charge in [-0.25, -0.2) is 4.98 Å². The van der Waals surface area contributed by atoms with Crippen molar-refractivity contribution in [1.29, 1.82) is 0 Å². The van der Waals surface area contributed by atoms with E-state index in [2.05, 4.69) is 16.7 Å². The van der Waals surface area contributed by atoms with Gasteiger partial charge in [-0.15, -0.1) is 0 Å². The van der Waals surface area contributed by atoms with Gasteiger partial charge in [0.1, 0.15) is 0 Å². The van der Waals surface area contributed by atoms with Crippen LogP contribution in [-0.2, 0) is 0 Å². The smallest absolute Gasteiger partial charge is 0.0845 e. The molecule has 0 aromatic carbocycles. The Balaban J connectivity index is 2.28. The van der Waals surface area contributed by atoms with Crippen molar-refractivity contribution < 1.29 is 0 Å². The molecule has 0 spiro atoms. The average Bonchev–Trinajstić information content (AvgIpc) is 2.66.